The van der Waals surface area contributed by atoms with Crippen LogP contribution in [0, 0.1) is 6.07 Å². The van der Waals surface area contributed by atoms with E-state index >= 15 is 0 Å². The minimum atomic E-state index is 0. The summed E-state index contributed by atoms with van der Waals surface area (Å²) in [6, 6.07) is 24.1. The zero-order chi connectivity index (χ0) is 18.3. The summed E-state index contributed by atoms with van der Waals surface area (Å²) in [4.78, 5) is 0. The Balaban J connectivity index is 0.00000210. The van der Waals surface area contributed by atoms with Gasteiger partial charge in [0.05, 0.1) is 0 Å². The molecule has 3 aromatic rings. The van der Waals surface area contributed by atoms with Gasteiger partial charge in [-0.05, 0) is 46.9 Å². The minimum Gasteiger partial charge on any atom is -0.176 e. The van der Waals surface area contributed by atoms with Crippen molar-refractivity contribution in [2.75, 3.05) is 0 Å². The Hall–Kier alpha value is -1.63. The van der Waals surface area contributed by atoms with E-state index < -0.39 is 0 Å². The zero-order valence-corrected chi connectivity index (χ0v) is 18.3. The molecule has 4 rings (SSSR count). The van der Waals surface area contributed by atoms with Crippen molar-refractivity contribution in [2.45, 2.75) is 52.4 Å². The zero-order valence-electron chi connectivity index (χ0n) is 16.8. The van der Waals surface area contributed by atoms with Crippen LogP contribution in [0.2, 0.25) is 0 Å². The molecule has 0 aromatic heterocycles. The van der Waals surface area contributed by atoms with Crippen LogP contribution >= 0.6 is 0 Å². The average molecular weight is 387 g/mol. The molecule has 0 nitrogen and oxygen atoms in total. The molecule has 0 N–H and O–H groups in total. The van der Waals surface area contributed by atoms with Crippen molar-refractivity contribution in [1.82, 2.24) is 0 Å². The SMILES string of the molecule is CC(C)c1ccc2c(c1)Cc1[c-]c(Cc3ccccc3C(C)C)ccc1-2.[Ti]. The molecule has 0 atom stereocenters. The number of hydrogen-bond donors (Lipinski definition) is 0. The second-order valence-electron chi connectivity index (χ2n) is 8.15. The Labute approximate surface area is 178 Å². The van der Waals surface area contributed by atoms with E-state index in [0.29, 0.717) is 11.8 Å². The van der Waals surface area contributed by atoms with Crippen LogP contribution in [-0.4, -0.2) is 0 Å². The van der Waals surface area contributed by atoms with Gasteiger partial charge in [-0.2, -0.15) is 23.8 Å². The van der Waals surface area contributed by atoms with E-state index in [0.717, 1.165) is 12.8 Å². The van der Waals surface area contributed by atoms with Crippen LogP contribution in [0.25, 0.3) is 11.1 Å². The number of fused-ring (bicyclic) bond motifs is 3. The van der Waals surface area contributed by atoms with E-state index in [4.69, 9.17) is 0 Å². The maximum absolute atomic E-state index is 3.74. The summed E-state index contributed by atoms with van der Waals surface area (Å²) in [5, 5.41) is 0. The molecule has 1 aliphatic rings. The van der Waals surface area contributed by atoms with Crippen LogP contribution in [0.15, 0.2) is 54.6 Å². The van der Waals surface area contributed by atoms with Gasteiger partial charge in [-0.25, -0.2) is 0 Å². The van der Waals surface area contributed by atoms with E-state index in [-0.39, 0.29) is 21.7 Å². The molecular formula is C26H27Ti-. The molecule has 0 amide bonds. The monoisotopic (exact) mass is 387 g/mol. The summed E-state index contributed by atoms with van der Waals surface area (Å²) in [6.45, 7) is 9.07. The topological polar surface area (TPSA) is 0 Å². The fraction of sp³-hybridized carbons (Fsp3) is 0.308. The van der Waals surface area contributed by atoms with Gasteiger partial charge < -0.3 is 0 Å². The summed E-state index contributed by atoms with van der Waals surface area (Å²) >= 11 is 0. The van der Waals surface area contributed by atoms with Crippen LogP contribution in [0.4, 0.5) is 0 Å². The van der Waals surface area contributed by atoms with Crippen LogP contribution in [0.1, 0.15) is 72.9 Å². The first-order valence-corrected chi connectivity index (χ1v) is 9.78. The second kappa shape index (κ2) is 8.17. The predicted octanol–water partition coefficient (Wildman–Crippen LogP) is 6.89. The summed E-state index contributed by atoms with van der Waals surface area (Å²) in [5.74, 6) is 1.13. The Morgan fingerprint density at radius 3 is 2.33 bits per heavy atom. The number of rotatable bonds is 4. The first kappa shape index (κ1) is 20.1. The molecular weight excluding hydrogens is 360 g/mol. The molecule has 27 heavy (non-hydrogen) atoms. The van der Waals surface area contributed by atoms with Crippen molar-refractivity contribution in [3.8, 4) is 11.1 Å². The van der Waals surface area contributed by atoms with Crippen LogP contribution in [0.5, 0.6) is 0 Å². The fourth-order valence-electron chi connectivity index (χ4n) is 4.12. The van der Waals surface area contributed by atoms with Gasteiger partial charge in [0.1, 0.15) is 0 Å². The smallest absolute Gasteiger partial charge is 0 e. The molecule has 0 saturated heterocycles. The van der Waals surface area contributed by atoms with E-state index in [9.17, 15) is 0 Å². The summed E-state index contributed by atoms with van der Waals surface area (Å²) in [5.41, 5.74) is 11.2. The normalized spacial score (nSPS) is 12.1. The van der Waals surface area contributed by atoms with Gasteiger partial charge in [0.25, 0.3) is 0 Å². The third kappa shape index (κ3) is 3.98. The van der Waals surface area contributed by atoms with Gasteiger partial charge in [-0.3, -0.25) is 0 Å². The molecule has 0 saturated carbocycles. The molecule has 136 valence electrons. The molecule has 0 radical (unpaired) electrons. The fourth-order valence-corrected chi connectivity index (χ4v) is 4.12. The molecule has 0 aliphatic heterocycles. The summed E-state index contributed by atoms with van der Waals surface area (Å²) < 4.78 is 0. The molecule has 0 heterocycles. The Morgan fingerprint density at radius 1 is 0.852 bits per heavy atom. The van der Waals surface area contributed by atoms with Crippen molar-refractivity contribution in [1.29, 1.82) is 0 Å². The minimum absolute atomic E-state index is 0. The van der Waals surface area contributed by atoms with Crippen molar-refractivity contribution in [3.63, 3.8) is 0 Å². The molecule has 0 bridgehead atoms. The van der Waals surface area contributed by atoms with Crippen LogP contribution < -0.4 is 0 Å². The van der Waals surface area contributed by atoms with Crippen molar-refractivity contribution in [2.24, 2.45) is 0 Å². The van der Waals surface area contributed by atoms with Crippen LogP contribution in [-0.2, 0) is 34.6 Å². The standard InChI is InChI=1S/C26H27.Ti/c1-17(2)20-10-12-26-23(15-20)16-22-14-19(9-11-25(22)26)13-21-7-5-6-8-24(21)18(3)4;/h5-12,15,17-18H,13,16H2,1-4H3;/q-1;. The van der Waals surface area contributed by atoms with E-state index in [1.807, 2.05) is 0 Å². The Bertz CT molecular complexity index is 950. The molecule has 3 aromatic carbocycles. The van der Waals surface area contributed by atoms with Crippen molar-refractivity contribution in [3.05, 3.63) is 94.0 Å². The average Bonchev–Trinajstić information content (AvgIpc) is 2.98. The third-order valence-electron chi connectivity index (χ3n) is 5.60. The van der Waals surface area contributed by atoms with Gasteiger partial charge in [-0.1, -0.05) is 75.7 Å². The molecule has 1 heteroatoms. The first-order valence-electron chi connectivity index (χ1n) is 9.78. The van der Waals surface area contributed by atoms with Gasteiger partial charge in [-0.15, -0.1) is 11.1 Å². The van der Waals surface area contributed by atoms with Crippen LogP contribution in [0.3, 0.4) is 0 Å². The van der Waals surface area contributed by atoms with Crippen molar-refractivity contribution >= 4 is 0 Å². The molecule has 1 aliphatic carbocycles. The Morgan fingerprint density at radius 2 is 1.59 bits per heavy atom. The maximum atomic E-state index is 3.74. The molecule has 0 unspecified atom stereocenters. The largest absolute Gasteiger partial charge is 0.176 e. The van der Waals surface area contributed by atoms with Gasteiger partial charge in [0.15, 0.2) is 0 Å². The number of benzene rings is 3. The first-order chi connectivity index (χ1) is 12.5. The summed E-state index contributed by atoms with van der Waals surface area (Å²) in [7, 11) is 0. The van der Waals surface area contributed by atoms with E-state index in [2.05, 4.69) is 88.4 Å². The van der Waals surface area contributed by atoms with Crippen molar-refractivity contribution < 1.29 is 21.7 Å². The van der Waals surface area contributed by atoms with Gasteiger partial charge in [0, 0.05) is 21.7 Å². The van der Waals surface area contributed by atoms with Gasteiger partial charge in [0.2, 0.25) is 0 Å². The second-order valence-corrected chi connectivity index (χ2v) is 8.15. The third-order valence-corrected chi connectivity index (χ3v) is 5.60. The summed E-state index contributed by atoms with van der Waals surface area (Å²) in [6.07, 6.45) is 1.99. The molecule has 0 spiro atoms. The Kier molecular flexibility index (Phi) is 6.09. The number of hydrogen-bond acceptors (Lipinski definition) is 0. The van der Waals surface area contributed by atoms with E-state index in [1.165, 1.54) is 44.5 Å². The maximum Gasteiger partial charge on any atom is 0 e. The molecule has 0 fully saturated rings. The van der Waals surface area contributed by atoms with Gasteiger partial charge >= 0.3 is 0 Å². The quantitative estimate of drug-likeness (QED) is 0.264. The van der Waals surface area contributed by atoms with E-state index in [1.54, 1.807) is 0 Å². The predicted molar refractivity (Wildman–Crippen MR) is 111 cm³/mol.